The Bertz CT molecular complexity index is 705. The summed E-state index contributed by atoms with van der Waals surface area (Å²) in [6.07, 6.45) is 5.38. The van der Waals surface area contributed by atoms with Crippen LogP contribution in [-0.2, 0) is 6.61 Å². The quantitative estimate of drug-likeness (QED) is 0.602. The van der Waals surface area contributed by atoms with Gasteiger partial charge in [-0.05, 0) is 86.5 Å². The fourth-order valence-electron chi connectivity index (χ4n) is 4.18. The minimum absolute atomic E-state index is 0.621. The molecule has 0 N–H and O–H groups in total. The van der Waals surface area contributed by atoms with E-state index in [1.54, 1.807) is 0 Å². The molecule has 2 aliphatic heterocycles. The van der Waals surface area contributed by atoms with Crippen LogP contribution < -0.4 is 4.74 Å². The first-order valence-corrected chi connectivity index (χ1v) is 11.5. The number of nitrogens with zero attached hydrogens (tertiary/aromatic N) is 2. The molecule has 2 aliphatic rings. The van der Waals surface area contributed by atoms with Gasteiger partial charge >= 0.3 is 0 Å². The van der Waals surface area contributed by atoms with Crippen molar-refractivity contribution in [1.29, 1.82) is 0 Å². The molecule has 0 saturated carbocycles. The van der Waals surface area contributed by atoms with E-state index >= 15 is 0 Å². The van der Waals surface area contributed by atoms with Crippen molar-refractivity contribution >= 4 is 11.9 Å². The Morgan fingerprint density at radius 2 is 1.54 bits per heavy atom. The van der Waals surface area contributed by atoms with Gasteiger partial charge in [-0.15, -0.1) is 0 Å². The maximum atomic E-state index is 5.90. The Kier molecular flexibility index (Phi) is 6.95. The van der Waals surface area contributed by atoms with Crippen molar-refractivity contribution in [1.82, 2.24) is 9.21 Å². The summed E-state index contributed by atoms with van der Waals surface area (Å²) in [6, 6.07) is 19.7. The van der Waals surface area contributed by atoms with Gasteiger partial charge in [-0.1, -0.05) is 37.3 Å². The van der Waals surface area contributed by atoms with Crippen molar-refractivity contribution in [3.8, 4) is 5.75 Å². The van der Waals surface area contributed by atoms with Gasteiger partial charge in [0, 0.05) is 24.0 Å². The molecule has 0 amide bonds. The zero-order chi connectivity index (χ0) is 19.2. The number of piperidine rings is 2. The molecule has 3 nitrogen and oxygen atoms in total. The van der Waals surface area contributed by atoms with E-state index in [0.717, 1.165) is 17.7 Å². The molecule has 2 fully saturated rings. The lowest BCUT2D eigenvalue weighted by Gasteiger charge is -2.41. The molecule has 4 heteroatoms. The lowest BCUT2D eigenvalue weighted by molar-refractivity contribution is 0.103. The Morgan fingerprint density at radius 3 is 2.21 bits per heavy atom. The van der Waals surface area contributed by atoms with Crippen molar-refractivity contribution in [3.63, 3.8) is 0 Å². The number of rotatable bonds is 6. The standard InChI is InChI=1S/C24H32N2OS/c1-20-11-15-25(16-12-20)22-13-17-26(18-14-22)28-24-9-7-23(8-10-24)27-19-21-5-3-2-4-6-21/h2-10,20,22H,11-19H2,1H3. The van der Waals surface area contributed by atoms with E-state index in [-0.39, 0.29) is 0 Å². The molecule has 0 unspecified atom stereocenters. The van der Waals surface area contributed by atoms with Crippen LogP contribution >= 0.6 is 11.9 Å². The molecule has 2 aromatic carbocycles. The van der Waals surface area contributed by atoms with Gasteiger partial charge in [0.25, 0.3) is 0 Å². The van der Waals surface area contributed by atoms with Crippen molar-refractivity contribution in [2.45, 2.75) is 50.2 Å². The summed E-state index contributed by atoms with van der Waals surface area (Å²) in [5, 5.41) is 0. The predicted octanol–water partition coefficient (Wildman–Crippen LogP) is 5.47. The summed E-state index contributed by atoms with van der Waals surface area (Å²) in [6.45, 7) is 8.01. The van der Waals surface area contributed by atoms with Crippen LogP contribution in [0.5, 0.6) is 5.75 Å². The second-order valence-corrected chi connectivity index (χ2v) is 9.39. The molecule has 0 bridgehead atoms. The molecule has 0 aliphatic carbocycles. The smallest absolute Gasteiger partial charge is 0.119 e. The minimum Gasteiger partial charge on any atom is -0.489 e. The molecule has 28 heavy (non-hydrogen) atoms. The molecule has 150 valence electrons. The van der Waals surface area contributed by atoms with Crippen LogP contribution in [0.1, 0.15) is 38.2 Å². The fraction of sp³-hybridized carbons (Fsp3) is 0.500. The average molecular weight is 397 g/mol. The van der Waals surface area contributed by atoms with Crippen LogP contribution in [-0.4, -0.2) is 41.4 Å². The minimum atomic E-state index is 0.621. The van der Waals surface area contributed by atoms with Crippen LogP contribution in [0.2, 0.25) is 0 Å². The summed E-state index contributed by atoms with van der Waals surface area (Å²) < 4.78 is 8.43. The number of ether oxygens (including phenoxy) is 1. The molecule has 0 spiro atoms. The third-order valence-corrected chi connectivity index (χ3v) is 7.17. The Hall–Kier alpha value is -1.49. The number of likely N-dealkylation sites (tertiary alicyclic amines) is 1. The topological polar surface area (TPSA) is 15.7 Å². The van der Waals surface area contributed by atoms with Gasteiger partial charge in [0.2, 0.25) is 0 Å². The van der Waals surface area contributed by atoms with Crippen LogP contribution in [0.25, 0.3) is 0 Å². The third kappa shape index (κ3) is 5.53. The number of hydrogen-bond acceptors (Lipinski definition) is 4. The number of benzene rings is 2. The predicted molar refractivity (Wildman–Crippen MR) is 118 cm³/mol. The molecular formula is C24H32N2OS. The highest BCUT2D eigenvalue weighted by molar-refractivity contribution is 7.97. The lowest BCUT2D eigenvalue weighted by Crippen LogP contribution is -2.46. The summed E-state index contributed by atoms with van der Waals surface area (Å²) in [7, 11) is 0. The zero-order valence-electron chi connectivity index (χ0n) is 16.9. The SMILES string of the molecule is CC1CCN(C2CCN(Sc3ccc(OCc4ccccc4)cc3)CC2)CC1. The van der Waals surface area contributed by atoms with Gasteiger partial charge in [0.05, 0.1) is 0 Å². The maximum Gasteiger partial charge on any atom is 0.119 e. The van der Waals surface area contributed by atoms with Crippen molar-refractivity contribution < 1.29 is 4.74 Å². The molecule has 2 aromatic rings. The highest BCUT2D eigenvalue weighted by Crippen LogP contribution is 2.30. The Morgan fingerprint density at radius 1 is 0.857 bits per heavy atom. The normalized spacial score (nSPS) is 20.3. The summed E-state index contributed by atoms with van der Waals surface area (Å²) in [4.78, 5) is 4.05. The van der Waals surface area contributed by atoms with Gasteiger partial charge < -0.3 is 9.64 Å². The fourth-order valence-corrected chi connectivity index (χ4v) is 5.13. The zero-order valence-corrected chi connectivity index (χ0v) is 17.7. The van der Waals surface area contributed by atoms with Gasteiger partial charge in [-0.25, -0.2) is 4.31 Å². The summed E-state index contributed by atoms with van der Waals surface area (Å²) >= 11 is 1.90. The van der Waals surface area contributed by atoms with Gasteiger partial charge in [0.15, 0.2) is 0 Å². The van der Waals surface area contributed by atoms with Gasteiger partial charge in [-0.2, -0.15) is 0 Å². The maximum absolute atomic E-state index is 5.90. The molecule has 2 heterocycles. The lowest BCUT2D eigenvalue weighted by atomic mass is 9.95. The van der Waals surface area contributed by atoms with E-state index < -0.39 is 0 Å². The van der Waals surface area contributed by atoms with E-state index in [9.17, 15) is 0 Å². The second kappa shape index (κ2) is 9.82. The van der Waals surface area contributed by atoms with Crippen molar-refractivity contribution in [3.05, 3.63) is 60.2 Å². The number of hydrogen-bond donors (Lipinski definition) is 0. The molecular weight excluding hydrogens is 364 g/mol. The third-order valence-electron chi connectivity index (χ3n) is 6.06. The monoisotopic (exact) mass is 396 g/mol. The van der Waals surface area contributed by atoms with Crippen molar-refractivity contribution in [2.24, 2.45) is 5.92 Å². The molecule has 0 atom stereocenters. The van der Waals surface area contributed by atoms with Crippen molar-refractivity contribution in [2.75, 3.05) is 26.2 Å². The molecule has 2 saturated heterocycles. The molecule has 0 radical (unpaired) electrons. The first-order valence-electron chi connectivity index (χ1n) is 10.7. The van der Waals surface area contributed by atoms with Crippen LogP contribution in [0, 0.1) is 5.92 Å². The highest BCUT2D eigenvalue weighted by atomic mass is 32.2. The first kappa shape index (κ1) is 19.8. The van der Waals surface area contributed by atoms with Gasteiger partial charge in [0.1, 0.15) is 12.4 Å². The van der Waals surface area contributed by atoms with E-state index in [0.29, 0.717) is 6.61 Å². The Balaban J connectivity index is 1.21. The molecule has 0 aromatic heterocycles. The van der Waals surface area contributed by atoms with E-state index in [2.05, 4.69) is 52.5 Å². The summed E-state index contributed by atoms with van der Waals surface area (Å²) in [5.41, 5.74) is 1.20. The highest BCUT2D eigenvalue weighted by Gasteiger charge is 2.27. The molecule has 4 rings (SSSR count). The van der Waals surface area contributed by atoms with Crippen LogP contribution in [0.3, 0.4) is 0 Å². The summed E-state index contributed by atoms with van der Waals surface area (Å²) in [5.74, 6) is 1.86. The average Bonchev–Trinajstić information content (AvgIpc) is 2.75. The van der Waals surface area contributed by atoms with Gasteiger partial charge in [-0.3, -0.25) is 0 Å². The second-order valence-electron chi connectivity index (χ2n) is 8.22. The largest absolute Gasteiger partial charge is 0.489 e. The van der Waals surface area contributed by atoms with Crippen LogP contribution in [0.4, 0.5) is 0 Å². The van der Waals surface area contributed by atoms with E-state index in [1.165, 1.54) is 62.3 Å². The first-order chi connectivity index (χ1) is 13.8. The van der Waals surface area contributed by atoms with E-state index in [4.69, 9.17) is 4.74 Å². The Labute approximate surface area is 174 Å². The van der Waals surface area contributed by atoms with E-state index in [1.807, 2.05) is 30.1 Å². The van der Waals surface area contributed by atoms with Crippen LogP contribution in [0.15, 0.2) is 59.5 Å².